The van der Waals surface area contributed by atoms with Gasteiger partial charge in [0.25, 0.3) is 5.69 Å². The molecule has 2 aromatic carbocycles. The van der Waals surface area contributed by atoms with Gasteiger partial charge in [0.2, 0.25) is 15.9 Å². The number of amides is 1. The largest absolute Gasteiger partial charge is 0.352 e. The van der Waals surface area contributed by atoms with Crippen LogP contribution in [0.4, 0.5) is 11.4 Å². The SMILES string of the molecule is Cc1ccc([N+](=O)[O-])cc1N([C@H](C)C(=O)N[C@H](C)CCc1ccccc1)S(C)(=O)=O. The number of nitrogens with zero attached hydrogens (tertiary/aromatic N) is 2. The number of nitro benzene ring substituents is 1. The first-order chi connectivity index (χ1) is 14.0. The quantitative estimate of drug-likeness (QED) is 0.482. The lowest BCUT2D eigenvalue weighted by molar-refractivity contribution is -0.384. The molecule has 0 saturated carbocycles. The molecule has 0 bridgehead atoms. The molecule has 0 aliphatic carbocycles. The maximum Gasteiger partial charge on any atom is 0.271 e. The summed E-state index contributed by atoms with van der Waals surface area (Å²) in [5.74, 6) is -0.466. The number of rotatable bonds is 9. The van der Waals surface area contributed by atoms with E-state index in [4.69, 9.17) is 0 Å². The number of carbonyl (C=O) groups excluding carboxylic acids is 1. The van der Waals surface area contributed by atoms with Crippen molar-refractivity contribution in [1.29, 1.82) is 0 Å². The standard InChI is InChI=1S/C21H27N3O5S/c1-15-10-13-19(24(26)27)14-20(15)23(30(4,28)29)17(3)21(25)22-16(2)11-12-18-8-6-5-7-9-18/h5-10,13-14,16-17H,11-12H2,1-4H3,(H,22,25)/t16-,17-/m1/s1. The molecule has 1 amide bonds. The van der Waals surface area contributed by atoms with Gasteiger partial charge in [0.15, 0.2) is 0 Å². The van der Waals surface area contributed by atoms with E-state index in [1.807, 2.05) is 37.3 Å². The molecule has 1 N–H and O–H groups in total. The van der Waals surface area contributed by atoms with Gasteiger partial charge in [-0.2, -0.15) is 0 Å². The molecular weight excluding hydrogens is 406 g/mol. The molecule has 2 atom stereocenters. The Labute approximate surface area is 177 Å². The average molecular weight is 434 g/mol. The Hall–Kier alpha value is -2.94. The minimum Gasteiger partial charge on any atom is -0.352 e. The number of sulfonamides is 1. The molecule has 9 heteroatoms. The van der Waals surface area contributed by atoms with Crippen LogP contribution in [0.3, 0.4) is 0 Å². The highest BCUT2D eigenvalue weighted by Gasteiger charge is 2.31. The highest BCUT2D eigenvalue weighted by atomic mass is 32.2. The van der Waals surface area contributed by atoms with Gasteiger partial charge in [0.1, 0.15) is 6.04 Å². The molecule has 0 aromatic heterocycles. The summed E-state index contributed by atoms with van der Waals surface area (Å²) in [5, 5.41) is 14.0. The monoisotopic (exact) mass is 433 g/mol. The minimum atomic E-state index is -3.87. The number of anilines is 1. The van der Waals surface area contributed by atoms with Gasteiger partial charge in [-0.15, -0.1) is 0 Å². The number of nitrogens with one attached hydrogen (secondary N) is 1. The summed E-state index contributed by atoms with van der Waals surface area (Å²) in [7, 11) is -3.87. The minimum absolute atomic E-state index is 0.117. The maximum atomic E-state index is 12.8. The van der Waals surface area contributed by atoms with Gasteiger partial charge in [0.05, 0.1) is 16.9 Å². The Morgan fingerprint density at radius 2 is 1.80 bits per heavy atom. The predicted molar refractivity (Wildman–Crippen MR) is 117 cm³/mol. The normalized spacial score (nSPS) is 13.3. The van der Waals surface area contributed by atoms with Crippen LogP contribution >= 0.6 is 0 Å². The fourth-order valence-corrected chi connectivity index (χ4v) is 4.42. The van der Waals surface area contributed by atoms with E-state index in [0.29, 0.717) is 12.0 Å². The van der Waals surface area contributed by atoms with Gasteiger partial charge in [-0.3, -0.25) is 19.2 Å². The molecule has 0 saturated heterocycles. The number of hydrogen-bond acceptors (Lipinski definition) is 5. The molecule has 30 heavy (non-hydrogen) atoms. The van der Waals surface area contributed by atoms with Gasteiger partial charge in [-0.1, -0.05) is 36.4 Å². The molecule has 0 radical (unpaired) electrons. The summed E-state index contributed by atoms with van der Waals surface area (Å²) in [4.78, 5) is 23.3. The van der Waals surface area contributed by atoms with Crippen LogP contribution in [0.5, 0.6) is 0 Å². The molecule has 0 unspecified atom stereocenters. The first-order valence-electron chi connectivity index (χ1n) is 9.59. The van der Waals surface area contributed by atoms with Crippen LogP contribution in [0, 0.1) is 17.0 Å². The van der Waals surface area contributed by atoms with E-state index < -0.39 is 26.9 Å². The third-order valence-electron chi connectivity index (χ3n) is 4.83. The van der Waals surface area contributed by atoms with Crippen LogP contribution in [0.2, 0.25) is 0 Å². The lowest BCUT2D eigenvalue weighted by Gasteiger charge is -2.30. The summed E-state index contributed by atoms with van der Waals surface area (Å²) in [5.41, 5.74) is 1.54. The molecule has 0 heterocycles. The van der Waals surface area contributed by atoms with Crippen molar-refractivity contribution in [1.82, 2.24) is 5.32 Å². The van der Waals surface area contributed by atoms with Crippen molar-refractivity contribution in [2.75, 3.05) is 10.6 Å². The highest BCUT2D eigenvalue weighted by molar-refractivity contribution is 7.92. The van der Waals surface area contributed by atoms with E-state index in [0.717, 1.165) is 22.5 Å². The first-order valence-corrected chi connectivity index (χ1v) is 11.4. The second kappa shape index (κ2) is 9.71. The average Bonchev–Trinajstić information content (AvgIpc) is 2.67. The Morgan fingerprint density at radius 1 is 1.17 bits per heavy atom. The van der Waals surface area contributed by atoms with Crippen molar-refractivity contribution in [2.24, 2.45) is 0 Å². The molecule has 0 spiro atoms. The van der Waals surface area contributed by atoms with Crippen molar-refractivity contribution in [3.63, 3.8) is 0 Å². The second-order valence-corrected chi connectivity index (χ2v) is 9.26. The predicted octanol–water partition coefficient (Wildman–Crippen LogP) is 3.20. The van der Waals surface area contributed by atoms with E-state index in [1.165, 1.54) is 25.1 Å². The van der Waals surface area contributed by atoms with Crippen molar-refractivity contribution in [3.8, 4) is 0 Å². The smallest absolute Gasteiger partial charge is 0.271 e. The van der Waals surface area contributed by atoms with Crippen molar-refractivity contribution in [3.05, 3.63) is 69.8 Å². The molecule has 0 fully saturated rings. The summed E-state index contributed by atoms with van der Waals surface area (Å²) in [6, 6.07) is 12.6. The van der Waals surface area contributed by atoms with E-state index in [9.17, 15) is 23.3 Å². The summed E-state index contributed by atoms with van der Waals surface area (Å²) in [6.45, 7) is 4.97. The Kier molecular flexibility index (Phi) is 7.55. The van der Waals surface area contributed by atoms with Crippen LogP contribution in [-0.2, 0) is 21.2 Å². The molecule has 2 aromatic rings. The van der Waals surface area contributed by atoms with E-state index in [1.54, 1.807) is 6.92 Å². The fraction of sp³-hybridized carbons (Fsp3) is 0.381. The Balaban J connectivity index is 2.19. The van der Waals surface area contributed by atoms with Crippen LogP contribution in [0.25, 0.3) is 0 Å². The zero-order valence-electron chi connectivity index (χ0n) is 17.5. The van der Waals surface area contributed by atoms with Crippen LogP contribution in [0.15, 0.2) is 48.5 Å². The third kappa shape index (κ3) is 6.03. The first kappa shape index (κ1) is 23.3. The lowest BCUT2D eigenvalue weighted by atomic mass is 10.1. The fourth-order valence-electron chi connectivity index (χ4n) is 3.19. The molecule has 2 rings (SSSR count). The number of benzene rings is 2. The summed E-state index contributed by atoms with van der Waals surface area (Å²) >= 11 is 0. The highest BCUT2D eigenvalue weighted by Crippen LogP contribution is 2.29. The third-order valence-corrected chi connectivity index (χ3v) is 6.05. The second-order valence-electron chi connectivity index (χ2n) is 7.40. The van der Waals surface area contributed by atoms with Crippen molar-refractivity contribution >= 4 is 27.3 Å². The van der Waals surface area contributed by atoms with Crippen molar-refractivity contribution < 1.29 is 18.1 Å². The van der Waals surface area contributed by atoms with Gasteiger partial charge < -0.3 is 5.32 Å². The van der Waals surface area contributed by atoms with Gasteiger partial charge in [-0.25, -0.2) is 8.42 Å². The topological polar surface area (TPSA) is 110 Å². The van der Waals surface area contributed by atoms with Gasteiger partial charge in [-0.05, 0) is 44.7 Å². The molecule has 0 aliphatic rings. The van der Waals surface area contributed by atoms with Crippen LogP contribution in [0.1, 0.15) is 31.4 Å². The van der Waals surface area contributed by atoms with Gasteiger partial charge in [0, 0.05) is 18.2 Å². The number of nitro groups is 1. The van der Waals surface area contributed by atoms with E-state index >= 15 is 0 Å². The summed E-state index contributed by atoms with van der Waals surface area (Å²) < 4.78 is 25.9. The lowest BCUT2D eigenvalue weighted by Crippen LogP contribution is -2.50. The molecule has 162 valence electrons. The Bertz CT molecular complexity index is 1010. The van der Waals surface area contributed by atoms with E-state index in [-0.39, 0.29) is 17.4 Å². The zero-order valence-corrected chi connectivity index (χ0v) is 18.3. The maximum absolute atomic E-state index is 12.8. The summed E-state index contributed by atoms with van der Waals surface area (Å²) in [6.07, 6.45) is 2.45. The van der Waals surface area contributed by atoms with Crippen molar-refractivity contribution in [2.45, 2.75) is 45.7 Å². The molecule has 0 aliphatic heterocycles. The molecule has 8 nitrogen and oxygen atoms in total. The van der Waals surface area contributed by atoms with E-state index in [2.05, 4.69) is 5.32 Å². The number of non-ortho nitro benzene ring substituents is 1. The van der Waals surface area contributed by atoms with Crippen LogP contribution in [-0.4, -0.2) is 37.6 Å². The Morgan fingerprint density at radius 3 is 2.37 bits per heavy atom. The zero-order chi connectivity index (χ0) is 22.5. The molecular formula is C21H27N3O5S. The number of hydrogen-bond donors (Lipinski definition) is 1. The van der Waals surface area contributed by atoms with Crippen LogP contribution < -0.4 is 9.62 Å². The van der Waals surface area contributed by atoms with Gasteiger partial charge >= 0.3 is 0 Å². The number of aryl methyl sites for hydroxylation is 2. The number of carbonyl (C=O) groups is 1.